The number of hydrogen-bond acceptors (Lipinski definition) is 6. The van der Waals surface area contributed by atoms with Crippen molar-refractivity contribution in [3.8, 4) is 0 Å². The molecule has 1 N–H and O–H groups in total. The molecule has 1 amide bonds. The third-order valence-electron chi connectivity index (χ3n) is 2.06. The molecule has 0 fully saturated rings. The van der Waals surface area contributed by atoms with Crippen molar-refractivity contribution in [2.45, 2.75) is 25.3 Å². The van der Waals surface area contributed by atoms with E-state index in [9.17, 15) is 14.4 Å². The van der Waals surface area contributed by atoms with Gasteiger partial charge in [-0.25, -0.2) is 9.59 Å². The average molecular weight is 247 g/mol. The van der Waals surface area contributed by atoms with Gasteiger partial charge in [-0.05, 0) is 12.8 Å². The SMILES string of the molecule is COC(=O)CCC[C@H](NC(=O)OC)C(=O)OC. The van der Waals surface area contributed by atoms with Gasteiger partial charge in [0, 0.05) is 6.42 Å². The van der Waals surface area contributed by atoms with Crippen molar-refractivity contribution in [2.75, 3.05) is 21.3 Å². The number of alkyl carbamates (subject to hydrolysis) is 1. The van der Waals surface area contributed by atoms with Crippen LogP contribution in [0.1, 0.15) is 19.3 Å². The summed E-state index contributed by atoms with van der Waals surface area (Å²) in [7, 11) is 3.69. The van der Waals surface area contributed by atoms with Crippen LogP contribution in [0.5, 0.6) is 0 Å². The molecule has 0 saturated carbocycles. The third kappa shape index (κ3) is 6.39. The van der Waals surface area contributed by atoms with E-state index in [1.54, 1.807) is 0 Å². The van der Waals surface area contributed by atoms with E-state index >= 15 is 0 Å². The first-order chi connectivity index (χ1) is 8.04. The summed E-state index contributed by atoms with van der Waals surface area (Å²) in [6, 6.07) is -0.822. The summed E-state index contributed by atoms with van der Waals surface area (Å²) >= 11 is 0. The first kappa shape index (κ1) is 15.2. The number of methoxy groups -OCH3 is 3. The fourth-order valence-corrected chi connectivity index (χ4v) is 1.14. The first-order valence-electron chi connectivity index (χ1n) is 5.04. The van der Waals surface area contributed by atoms with E-state index in [2.05, 4.69) is 19.5 Å². The molecule has 0 aromatic carbocycles. The average Bonchev–Trinajstić information content (AvgIpc) is 2.35. The molecule has 0 spiro atoms. The molecule has 17 heavy (non-hydrogen) atoms. The Morgan fingerprint density at radius 3 is 2.18 bits per heavy atom. The Labute approximate surface area is 99.4 Å². The molecule has 0 saturated heterocycles. The lowest BCUT2D eigenvalue weighted by molar-refractivity contribution is -0.144. The van der Waals surface area contributed by atoms with E-state index in [1.165, 1.54) is 21.3 Å². The second-order valence-electron chi connectivity index (χ2n) is 3.18. The molecule has 0 aliphatic carbocycles. The van der Waals surface area contributed by atoms with Crippen molar-refractivity contribution < 1.29 is 28.6 Å². The molecule has 0 aromatic rings. The van der Waals surface area contributed by atoms with Gasteiger partial charge in [0.1, 0.15) is 6.04 Å². The third-order valence-corrected chi connectivity index (χ3v) is 2.06. The van der Waals surface area contributed by atoms with E-state index in [-0.39, 0.29) is 18.8 Å². The molecule has 98 valence electrons. The maximum atomic E-state index is 11.3. The van der Waals surface area contributed by atoms with Gasteiger partial charge in [0.25, 0.3) is 0 Å². The summed E-state index contributed by atoms with van der Waals surface area (Å²) in [5, 5.41) is 2.32. The Balaban J connectivity index is 4.15. The topological polar surface area (TPSA) is 90.9 Å². The normalized spacial score (nSPS) is 11.2. The summed E-state index contributed by atoms with van der Waals surface area (Å²) in [5.74, 6) is -0.952. The van der Waals surface area contributed by atoms with Crippen molar-refractivity contribution in [1.82, 2.24) is 5.32 Å². The summed E-state index contributed by atoms with van der Waals surface area (Å²) in [4.78, 5) is 33.1. The molecule has 0 unspecified atom stereocenters. The van der Waals surface area contributed by atoms with E-state index in [1.807, 2.05) is 0 Å². The highest BCUT2D eigenvalue weighted by molar-refractivity contribution is 5.81. The van der Waals surface area contributed by atoms with Crippen LogP contribution in [0.15, 0.2) is 0 Å². The van der Waals surface area contributed by atoms with E-state index < -0.39 is 18.1 Å². The highest BCUT2D eigenvalue weighted by atomic mass is 16.5. The van der Waals surface area contributed by atoms with Crippen LogP contribution in [0, 0.1) is 0 Å². The number of nitrogens with one attached hydrogen (secondary N) is 1. The molecule has 0 aromatic heterocycles. The van der Waals surface area contributed by atoms with Crippen LogP contribution in [0.3, 0.4) is 0 Å². The zero-order chi connectivity index (χ0) is 13.3. The fraction of sp³-hybridized carbons (Fsp3) is 0.700. The zero-order valence-electron chi connectivity index (χ0n) is 10.1. The van der Waals surface area contributed by atoms with Crippen LogP contribution in [0.4, 0.5) is 4.79 Å². The summed E-state index contributed by atoms with van der Waals surface area (Å²) in [6.45, 7) is 0. The number of hydrogen-bond donors (Lipinski definition) is 1. The minimum atomic E-state index is -0.822. The maximum absolute atomic E-state index is 11.3. The Morgan fingerprint density at radius 2 is 1.71 bits per heavy atom. The van der Waals surface area contributed by atoms with Crippen LogP contribution in [0.2, 0.25) is 0 Å². The highest BCUT2D eigenvalue weighted by Gasteiger charge is 2.21. The molecule has 0 rings (SSSR count). The van der Waals surface area contributed by atoms with Gasteiger partial charge in [-0.2, -0.15) is 0 Å². The minimum absolute atomic E-state index is 0.173. The maximum Gasteiger partial charge on any atom is 0.407 e. The molecule has 7 nitrogen and oxygen atoms in total. The molecule has 0 aliphatic heterocycles. The van der Waals surface area contributed by atoms with Crippen LogP contribution in [-0.4, -0.2) is 45.4 Å². The lowest BCUT2D eigenvalue weighted by atomic mass is 10.1. The number of amides is 1. The first-order valence-corrected chi connectivity index (χ1v) is 5.04. The van der Waals surface area contributed by atoms with Gasteiger partial charge in [0.2, 0.25) is 0 Å². The van der Waals surface area contributed by atoms with Crippen LogP contribution >= 0.6 is 0 Å². The van der Waals surface area contributed by atoms with Gasteiger partial charge in [0.15, 0.2) is 0 Å². The highest BCUT2D eigenvalue weighted by Crippen LogP contribution is 2.04. The number of ether oxygens (including phenoxy) is 3. The molecule has 1 atom stereocenters. The Morgan fingerprint density at radius 1 is 1.06 bits per heavy atom. The number of esters is 2. The smallest absolute Gasteiger partial charge is 0.407 e. The van der Waals surface area contributed by atoms with Gasteiger partial charge in [-0.1, -0.05) is 0 Å². The standard InChI is InChI=1S/C10H17NO6/c1-15-8(12)6-4-5-7(9(13)16-2)11-10(14)17-3/h7H,4-6H2,1-3H3,(H,11,14)/t7-/m0/s1. The largest absolute Gasteiger partial charge is 0.469 e. The number of carbonyl (C=O) groups is 3. The van der Waals surface area contributed by atoms with Gasteiger partial charge in [0.05, 0.1) is 21.3 Å². The molecular formula is C10H17NO6. The van der Waals surface area contributed by atoms with Crippen molar-refractivity contribution in [1.29, 1.82) is 0 Å². The van der Waals surface area contributed by atoms with E-state index in [4.69, 9.17) is 0 Å². The lowest BCUT2D eigenvalue weighted by Gasteiger charge is -2.14. The van der Waals surface area contributed by atoms with E-state index in [0.29, 0.717) is 6.42 Å². The Hall–Kier alpha value is -1.79. The van der Waals surface area contributed by atoms with E-state index in [0.717, 1.165) is 0 Å². The Kier molecular flexibility index (Phi) is 7.49. The van der Waals surface area contributed by atoms with Gasteiger partial charge in [-0.15, -0.1) is 0 Å². The monoisotopic (exact) mass is 247 g/mol. The molecule has 0 bridgehead atoms. The van der Waals surface area contributed by atoms with Crippen molar-refractivity contribution in [3.05, 3.63) is 0 Å². The zero-order valence-corrected chi connectivity index (χ0v) is 10.1. The molecule has 0 heterocycles. The van der Waals surface area contributed by atoms with Gasteiger partial charge in [-0.3, -0.25) is 4.79 Å². The predicted molar refractivity (Wildman–Crippen MR) is 57.2 cm³/mol. The quantitative estimate of drug-likeness (QED) is 0.533. The minimum Gasteiger partial charge on any atom is -0.469 e. The molecular weight excluding hydrogens is 230 g/mol. The molecule has 7 heteroatoms. The number of carbonyl (C=O) groups excluding carboxylic acids is 3. The van der Waals surface area contributed by atoms with Crippen LogP contribution < -0.4 is 5.32 Å². The van der Waals surface area contributed by atoms with Gasteiger partial charge < -0.3 is 19.5 Å². The summed E-state index contributed by atoms with van der Waals surface area (Å²) < 4.78 is 13.3. The van der Waals surface area contributed by atoms with Crippen molar-refractivity contribution in [2.24, 2.45) is 0 Å². The van der Waals surface area contributed by atoms with Crippen LogP contribution in [0.25, 0.3) is 0 Å². The van der Waals surface area contributed by atoms with Crippen molar-refractivity contribution in [3.63, 3.8) is 0 Å². The Bertz CT molecular complexity index is 278. The summed E-state index contributed by atoms with van der Waals surface area (Å²) in [5.41, 5.74) is 0. The van der Waals surface area contributed by atoms with Crippen LogP contribution in [-0.2, 0) is 23.8 Å². The predicted octanol–water partition coefficient (Wildman–Crippen LogP) is 0.227. The number of rotatable bonds is 6. The molecule has 0 radical (unpaired) electrons. The van der Waals surface area contributed by atoms with Crippen molar-refractivity contribution >= 4 is 18.0 Å². The fourth-order valence-electron chi connectivity index (χ4n) is 1.14. The summed E-state index contributed by atoms with van der Waals surface area (Å²) in [6.07, 6.45) is 0.124. The molecule has 0 aliphatic rings. The van der Waals surface area contributed by atoms with Gasteiger partial charge >= 0.3 is 18.0 Å². The second kappa shape index (κ2) is 8.37. The second-order valence-corrected chi connectivity index (χ2v) is 3.18. The lowest BCUT2D eigenvalue weighted by Crippen LogP contribution is -2.41.